The van der Waals surface area contributed by atoms with Crippen molar-refractivity contribution in [3.63, 3.8) is 0 Å². The minimum Gasteiger partial charge on any atom is -0.496 e. The van der Waals surface area contributed by atoms with Crippen molar-refractivity contribution in [2.45, 2.75) is 32.2 Å². The van der Waals surface area contributed by atoms with Gasteiger partial charge < -0.3 is 15.4 Å². The van der Waals surface area contributed by atoms with Crippen LogP contribution in [0, 0.1) is 6.92 Å². The molecule has 3 nitrogen and oxygen atoms in total. The first-order valence-electron chi connectivity index (χ1n) is 6.87. The summed E-state index contributed by atoms with van der Waals surface area (Å²) in [5.41, 5.74) is 2.58. The smallest absolute Gasteiger partial charge is 0.122 e. The van der Waals surface area contributed by atoms with Crippen LogP contribution < -0.4 is 15.4 Å². The fraction of sp³-hybridized carbons (Fsp3) is 0.600. The normalized spacial score (nSPS) is 14.8. The summed E-state index contributed by atoms with van der Waals surface area (Å²) >= 11 is 0. The fourth-order valence-corrected chi connectivity index (χ4v) is 2.10. The highest BCUT2D eigenvalue weighted by atomic mass is 16.5. The van der Waals surface area contributed by atoms with E-state index in [9.17, 15) is 0 Å². The maximum absolute atomic E-state index is 5.38. The number of methoxy groups -OCH3 is 1. The Labute approximate surface area is 110 Å². The van der Waals surface area contributed by atoms with Crippen LogP contribution in [0.2, 0.25) is 0 Å². The molecule has 18 heavy (non-hydrogen) atoms. The van der Waals surface area contributed by atoms with Gasteiger partial charge in [-0.1, -0.05) is 17.7 Å². The molecule has 0 spiro atoms. The summed E-state index contributed by atoms with van der Waals surface area (Å²) in [5.74, 6) is 0.999. The average Bonchev–Trinajstić information content (AvgIpc) is 3.18. The van der Waals surface area contributed by atoms with Crippen molar-refractivity contribution < 1.29 is 4.74 Å². The number of benzene rings is 1. The monoisotopic (exact) mass is 248 g/mol. The standard InChI is InChI=1S/C15H24N2O/c1-12-3-6-15(18-2)13(11-12)7-8-16-9-10-17-14-4-5-14/h3,6,11,14,16-17H,4-5,7-10H2,1-2H3. The van der Waals surface area contributed by atoms with Crippen LogP contribution in [0.3, 0.4) is 0 Å². The van der Waals surface area contributed by atoms with Gasteiger partial charge in [0.1, 0.15) is 5.75 Å². The zero-order valence-corrected chi connectivity index (χ0v) is 11.5. The fourth-order valence-electron chi connectivity index (χ4n) is 2.10. The molecule has 1 saturated carbocycles. The van der Waals surface area contributed by atoms with Crippen LogP contribution in [-0.4, -0.2) is 32.8 Å². The van der Waals surface area contributed by atoms with Gasteiger partial charge in [-0.3, -0.25) is 0 Å². The first-order valence-corrected chi connectivity index (χ1v) is 6.87. The lowest BCUT2D eigenvalue weighted by Gasteiger charge is -2.10. The van der Waals surface area contributed by atoms with Crippen molar-refractivity contribution in [3.8, 4) is 5.75 Å². The summed E-state index contributed by atoms with van der Waals surface area (Å²) in [5, 5.41) is 6.97. The lowest BCUT2D eigenvalue weighted by Crippen LogP contribution is -2.29. The number of rotatable bonds is 8. The SMILES string of the molecule is COc1ccc(C)cc1CCNCCNC1CC1. The Morgan fingerprint density at radius 1 is 1.22 bits per heavy atom. The molecule has 1 aliphatic rings. The zero-order valence-electron chi connectivity index (χ0n) is 11.5. The molecule has 0 aromatic heterocycles. The van der Waals surface area contributed by atoms with Crippen LogP contribution in [-0.2, 0) is 6.42 Å². The Bertz CT molecular complexity index is 375. The number of aryl methyl sites for hydroxylation is 1. The summed E-state index contributed by atoms with van der Waals surface area (Å²) in [4.78, 5) is 0. The summed E-state index contributed by atoms with van der Waals surface area (Å²) in [7, 11) is 1.74. The van der Waals surface area contributed by atoms with Crippen LogP contribution in [0.5, 0.6) is 5.75 Å². The van der Waals surface area contributed by atoms with Crippen LogP contribution in [0.25, 0.3) is 0 Å². The molecule has 2 rings (SSSR count). The van der Waals surface area contributed by atoms with Crippen molar-refractivity contribution in [1.82, 2.24) is 10.6 Å². The first-order chi connectivity index (χ1) is 8.79. The molecule has 0 unspecified atom stereocenters. The summed E-state index contributed by atoms with van der Waals surface area (Å²) < 4.78 is 5.38. The molecule has 0 saturated heterocycles. The van der Waals surface area contributed by atoms with Gasteiger partial charge in [-0.05, 0) is 44.4 Å². The van der Waals surface area contributed by atoms with Gasteiger partial charge in [0.15, 0.2) is 0 Å². The molecular formula is C15H24N2O. The van der Waals surface area contributed by atoms with Gasteiger partial charge in [-0.15, -0.1) is 0 Å². The van der Waals surface area contributed by atoms with Crippen molar-refractivity contribution in [1.29, 1.82) is 0 Å². The Hall–Kier alpha value is -1.06. The van der Waals surface area contributed by atoms with Crippen molar-refractivity contribution in [2.75, 3.05) is 26.7 Å². The van der Waals surface area contributed by atoms with Crippen LogP contribution in [0.1, 0.15) is 24.0 Å². The predicted molar refractivity (Wildman–Crippen MR) is 75.3 cm³/mol. The van der Waals surface area contributed by atoms with Crippen LogP contribution >= 0.6 is 0 Å². The lowest BCUT2D eigenvalue weighted by molar-refractivity contribution is 0.409. The molecule has 1 aromatic rings. The van der Waals surface area contributed by atoms with Gasteiger partial charge in [0.05, 0.1) is 7.11 Å². The largest absolute Gasteiger partial charge is 0.496 e. The van der Waals surface area contributed by atoms with E-state index in [0.717, 1.165) is 37.8 Å². The molecule has 0 heterocycles. The molecule has 0 aliphatic heterocycles. The van der Waals surface area contributed by atoms with E-state index in [4.69, 9.17) is 4.74 Å². The van der Waals surface area contributed by atoms with Gasteiger partial charge in [-0.25, -0.2) is 0 Å². The highest BCUT2D eigenvalue weighted by Gasteiger charge is 2.19. The summed E-state index contributed by atoms with van der Waals surface area (Å²) in [6, 6.07) is 7.17. The van der Waals surface area contributed by atoms with E-state index in [1.54, 1.807) is 7.11 Å². The third-order valence-corrected chi connectivity index (χ3v) is 3.32. The number of hydrogen-bond acceptors (Lipinski definition) is 3. The molecule has 0 amide bonds. The quantitative estimate of drug-likeness (QED) is 0.689. The van der Waals surface area contributed by atoms with Gasteiger partial charge in [0, 0.05) is 19.1 Å². The minimum absolute atomic E-state index is 0.809. The molecule has 1 fully saturated rings. The van der Waals surface area contributed by atoms with Gasteiger partial charge >= 0.3 is 0 Å². The zero-order chi connectivity index (χ0) is 12.8. The number of hydrogen-bond donors (Lipinski definition) is 2. The molecule has 3 heteroatoms. The van der Waals surface area contributed by atoms with Crippen molar-refractivity contribution in [3.05, 3.63) is 29.3 Å². The highest BCUT2D eigenvalue weighted by Crippen LogP contribution is 2.19. The third-order valence-electron chi connectivity index (χ3n) is 3.32. The summed E-state index contributed by atoms with van der Waals surface area (Å²) in [6.45, 7) is 5.25. The van der Waals surface area contributed by atoms with Crippen molar-refractivity contribution in [2.24, 2.45) is 0 Å². The molecule has 0 bridgehead atoms. The molecule has 0 atom stereocenters. The summed E-state index contributed by atoms with van der Waals surface area (Å²) in [6.07, 6.45) is 3.75. The average molecular weight is 248 g/mol. The second-order valence-electron chi connectivity index (χ2n) is 5.04. The Balaban J connectivity index is 1.66. The maximum atomic E-state index is 5.38. The number of ether oxygens (including phenoxy) is 1. The minimum atomic E-state index is 0.809. The van der Waals surface area contributed by atoms with Gasteiger partial charge in [0.25, 0.3) is 0 Å². The molecular weight excluding hydrogens is 224 g/mol. The second kappa shape index (κ2) is 6.76. The molecule has 1 aliphatic carbocycles. The Morgan fingerprint density at radius 2 is 2.06 bits per heavy atom. The van der Waals surface area contributed by atoms with E-state index in [2.05, 4.69) is 35.8 Å². The molecule has 0 radical (unpaired) electrons. The molecule has 100 valence electrons. The first kappa shape index (κ1) is 13.4. The van der Waals surface area contributed by atoms with E-state index in [1.165, 1.54) is 24.0 Å². The van der Waals surface area contributed by atoms with Crippen LogP contribution in [0.4, 0.5) is 0 Å². The van der Waals surface area contributed by atoms with Gasteiger partial charge in [-0.2, -0.15) is 0 Å². The van der Waals surface area contributed by atoms with Crippen LogP contribution in [0.15, 0.2) is 18.2 Å². The van der Waals surface area contributed by atoms with E-state index in [1.807, 2.05) is 0 Å². The van der Waals surface area contributed by atoms with E-state index >= 15 is 0 Å². The molecule has 2 N–H and O–H groups in total. The van der Waals surface area contributed by atoms with Crippen molar-refractivity contribution >= 4 is 0 Å². The Kier molecular flexibility index (Phi) is 5.02. The van der Waals surface area contributed by atoms with Gasteiger partial charge in [0.2, 0.25) is 0 Å². The van der Waals surface area contributed by atoms with E-state index < -0.39 is 0 Å². The maximum Gasteiger partial charge on any atom is 0.122 e. The highest BCUT2D eigenvalue weighted by molar-refractivity contribution is 5.37. The lowest BCUT2D eigenvalue weighted by atomic mass is 10.1. The predicted octanol–water partition coefficient (Wildman–Crippen LogP) is 1.89. The topological polar surface area (TPSA) is 33.3 Å². The number of nitrogens with one attached hydrogen (secondary N) is 2. The van der Waals surface area contributed by atoms with E-state index in [-0.39, 0.29) is 0 Å². The second-order valence-corrected chi connectivity index (χ2v) is 5.04. The van der Waals surface area contributed by atoms with E-state index in [0.29, 0.717) is 0 Å². The molecule has 1 aromatic carbocycles. The Morgan fingerprint density at radius 3 is 2.78 bits per heavy atom. The third kappa shape index (κ3) is 4.31.